The van der Waals surface area contributed by atoms with Crippen LogP contribution in [0, 0.1) is 0 Å². The van der Waals surface area contributed by atoms with Crippen molar-refractivity contribution in [2.45, 2.75) is 13.3 Å². The summed E-state index contributed by atoms with van der Waals surface area (Å²) >= 11 is 0. The predicted octanol–water partition coefficient (Wildman–Crippen LogP) is 2.17. The summed E-state index contributed by atoms with van der Waals surface area (Å²) in [6, 6.07) is 9.59. The maximum atomic E-state index is 12.0. The molecular formula is C14H13N5O. The highest BCUT2D eigenvalue weighted by atomic mass is 16.2. The predicted molar refractivity (Wildman–Crippen MR) is 75.5 cm³/mol. The molecule has 0 unspecified atom stereocenters. The fourth-order valence-corrected chi connectivity index (χ4v) is 1.88. The van der Waals surface area contributed by atoms with Crippen molar-refractivity contribution in [2.75, 3.05) is 5.32 Å². The molecule has 0 radical (unpaired) electrons. The number of fused-ring (bicyclic) bond motifs is 1. The number of aromatic amines is 1. The number of benzene rings is 1. The molecule has 0 fully saturated rings. The van der Waals surface area contributed by atoms with Crippen LogP contribution in [-0.2, 0) is 6.42 Å². The van der Waals surface area contributed by atoms with Gasteiger partial charge in [0.25, 0.3) is 5.91 Å². The quantitative estimate of drug-likeness (QED) is 0.761. The normalized spacial score (nSPS) is 10.7. The fraction of sp³-hybridized carbons (Fsp3) is 0.143. The number of aromatic nitrogens is 4. The van der Waals surface area contributed by atoms with Crippen LogP contribution in [0.2, 0.25) is 0 Å². The van der Waals surface area contributed by atoms with E-state index in [1.807, 2.05) is 37.3 Å². The van der Waals surface area contributed by atoms with Crippen LogP contribution in [0.3, 0.4) is 0 Å². The van der Waals surface area contributed by atoms with Crippen molar-refractivity contribution in [3.05, 3.63) is 48.2 Å². The van der Waals surface area contributed by atoms with Gasteiger partial charge in [0.2, 0.25) is 5.82 Å². The lowest BCUT2D eigenvalue weighted by Gasteiger charge is -2.03. The summed E-state index contributed by atoms with van der Waals surface area (Å²) in [6.07, 6.45) is 2.32. The molecule has 6 heteroatoms. The standard InChI is InChI=1S/C14H13N5O/c1-2-12-17-13(19-18-12)14(20)16-10-7-9-5-3-4-6-11(9)15-8-10/h3-8H,2H2,1H3,(H,16,20)(H,17,18,19). The Hall–Kier alpha value is -2.76. The number of nitrogens with zero attached hydrogens (tertiary/aromatic N) is 3. The average molecular weight is 267 g/mol. The van der Waals surface area contributed by atoms with E-state index in [9.17, 15) is 4.79 Å². The van der Waals surface area contributed by atoms with Gasteiger partial charge in [-0.15, -0.1) is 5.10 Å². The van der Waals surface area contributed by atoms with Crippen LogP contribution in [0.1, 0.15) is 23.4 Å². The SMILES string of the molecule is CCc1nc(C(=O)Nc2cnc3ccccc3c2)n[nH]1. The Balaban J connectivity index is 1.83. The molecule has 1 aromatic carbocycles. The highest BCUT2D eigenvalue weighted by molar-refractivity contribution is 6.02. The minimum atomic E-state index is -0.349. The number of hydrogen-bond donors (Lipinski definition) is 2. The van der Waals surface area contributed by atoms with Gasteiger partial charge in [-0.25, -0.2) is 4.98 Å². The molecule has 0 saturated heterocycles. The van der Waals surface area contributed by atoms with Gasteiger partial charge in [0.15, 0.2) is 0 Å². The molecule has 0 aliphatic rings. The number of hydrogen-bond acceptors (Lipinski definition) is 4. The molecule has 0 spiro atoms. The molecule has 0 aliphatic carbocycles. The smallest absolute Gasteiger partial charge is 0.295 e. The number of carbonyl (C=O) groups is 1. The van der Waals surface area contributed by atoms with E-state index in [1.165, 1.54) is 0 Å². The van der Waals surface area contributed by atoms with E-state index < -0.39 is 0 Å². The first-order valence-electron chi connectivity index (χ1n) is 6.33. The van der Waals surface area contributed by atoms with Crippen LogP contribution in [0.5, 0.6) is 0 Å². The second-order valence-electron chi connectivity index (χ2n) is 4.33. The van der Waals surface area contributed by atoms with Gasteiger partial charge in [0.05, 0.1) is 17.4 Å². The van der Waals surface area contributed by atoms with E-state index >= 15 is 0 Å². The summed E-state index contributed by atoms with van der Waals surface area (Å²) < 4.78 is 0. The third-order valence-electron chi connectivity index (χ3n) is 2.92. The first kappa shape index (κ1) is 12.3. The molecular weight excluding hydrogens is 254 g/mol. The Morgan fingerprint density at radius 1 is 1.35 bits per heavy atom. The van der Waals surface area contributed by atoms with Gasteiger partial charge in [-0.3, -0.25) is 14.9 Å². The Labute approximate surface area is 115 Å². The number of rotatable bonds is 3. The van der Waals surface area contributed by atoms with Crippen molar-refractivity contribution in [1.82, 2.24) is 20.2 Å². The Bertz CT molecular complexity index is 765. The first-order valence-corrected chi connectivity index (χ1v) is 6.33. The minimum absolute atomic E-state index is 0.134. The van der Waals surface area contributed by atoms with Gasteiger partial charge in [0, 0.05) is 11.8 Å². The molecule has 2 heterocycles. The summed E-state index contributed by atoms with van der Waals surface area (Å²) in [7, 11) is 0. The fourth-order valence-electron chi connectivity index (χ4n) is 1.88. The van der Waals surface area contributed by atoms with Crippen molar-refractivity contribution in [3.8, 4) is 0 Å². The number of aryl methyl sites for hydroxylation is 1. The second kappa shape index (κ2) is 5.08. The van der Waals surface area contributed by atoms with Gasteiger partial charge in [-0.05, 0) is 12.1 Å². The molecule has 20 heavy (non-hydrogen) atoms. The molecule has 100 valence electrons. The molecule has 3 aromatic rings. The maximum Gasteiger partial charge on any atom is 0.295 e. The number of pyridine rings is 1. The van der Waals surface area contributed by atoms with E-state index in [0.717, 1.165) is 10.9 Å². The molecule has 0 atom stereocenters. The largest absolute Gasteiger partial charge is 0.318 e. The Morgan fingerprint density at radius 3 is 3.00 bits per heavy atom. The number of para-hydroxylation sites is 1. The zero-order valence-corrected chi connectivity index (χ0v) is 10.9. The van der Waals surface area contributed by atoms with Crippen LogP contribution in [0.4, 0.5) is 5.69 Å². The lowest BCUT2D eigenvalue weighted by Crippen LogP contribution is -2.14. The monoisotopic (exact) mass is 267 g/mol. The molecule has 2 N–H and O–H groups in total. The summed E-state index contributed by atoms with van der Waals surface area (Å²) in [5, 5.41) is 10.3. The van der Waals surface area contributed by atoms with Gasteiger partial charge >= 0.3 is 0 Å². The molecule has 0 aliphatic heterocycles. The van der Waals surface area contributed by atoms with Gasteiger partial charge in [0.1, 0.15) is 5.82 Å². The lowest BCUT2D eigenvalue weighted by molar-refractivity contribution is 0.101. The van der Waals surface area contributed by atoms with Crippen molar-refractivity contribution in [1.29, 1.82) is 0 Å². The summed E-state index contributed by atoms with van der Waals surface area (Å²) in [5.74, 6) is 0.472. The zero-order chi connectivity index (χ0) is 13.9. The van der Waals surface area contributed by atoms with E-state index in [2.05, 4.69) is 25.5 Å². The molecule has 1 amide bonds. The van der Waals surface area contributed by atoms with Gasteiger partial charge in [-0.2, -0.15) is 0 Å². The lowest BCUT2D eigenvalue weighted by atomic mass is 10.2. The summed E-state index contributed by atoms with van der Waals surface area (Å²) in [6.45, 7) is 1.94. The number of nitrogens with one attached hydrogen (secondary N) is 2. The highest BCUT2D eigenvalue weighted by Crippen LogP contribution is 2.16. The van der Waals surface area contributed by atoms with Crippen LogP contribution >= 0.6 is 0 Å². The van der Waals surface area contributed by atoms with Gasteiger partial charge in [-0.1, -0.05) is 25.1 Å². The highest BCUT2D eigenvalue weighted by Gasteiger charge is 2.12. The minimum Gasteiger partial charge on any atom is -0.318 e. The van der Waals surface area contributed by atoms with Crippen LogP contribution < -0.4 is 5.32 Å². The third-order valence-corrected chi connectivity index (χ3v) is 2.92. The van der Waals surface area contributed by atoms with E-state index in [-0.39, 0.29) is 11.7 Å². The average Bonchev–Trinajstić information content (AvgIpc) is 2.96. The number of H-pyrrole nitrogens is 1. The van der Waals surface area contributed by atoms with Crippen molar-refractivity contribution < 1.29 is 4.79 Å². The van der Waals surface area contributed by atoms with Crippen LogP contribution in [0.15, 0.2) is 36.5 Å². The number of carbonyl (C=O) groups excluding carboxylic acids is 1. The van der Waals surface area contributed by atoms with Crippen LogP contribution in [0.25, 0.3) is 10.9 Å². The van der Waals surface area contributed by atoms with E-state index in [0.29, 0.717) is 17.9 Å². The molecule has 3 rings (SSSR count). The maximum absolute atomic E-state index is 12.0. The Kier molecular flexibility index (Phi) is 3.12. The van der Waals surface area contributed by atoms with Crippen LogP contribution in [-0.4, -0.2) is 26.1 Å². The molecule has 2 aromatic heterocycles. The topological polar surface area (TPSA) is 83.6 Å². The summed E-state index contributed by atoms with van der Waals surface area (Å²) in [5.41, 5.74) is 1.51. The number of amides is 1. The van der Waals surface area contributed by atoms with Crippen molar-refractivity contribution in [3.63, 3.8) is 0 Å². The first-order chi connectivity index (χ1) is 9.76. The third kappa shape index (κ3) is 2.35. The molecule has 6 nitrogen and oxygen atoms in total. The molecule has 0 bridgehead atoms. The summed E-state index contributed by atoms with van der Waals surface area (Å²) in [4.78, 5) is 20.4. The zero-order valence-electron chi connectivity index (χ0n) is 10.9. The number of anilines is 1. The molecule has 0 saturated carbocycles. The van der Waals surface area contributed by atoms with Crippen molar-refractivity contribution in [2.24, 2.45) is 0 Å². The van der Waals surface area contributed by atoms with Gasteiger partial charge < -0.3 is 5.32 Å². The Morgan fingerprint density at radius 2 is 2.20 bits per heavy atom. The van der Waals surface area contributed by atoms with Crippen molar-refractivity contribution >= 4 is 22.5 Å². The van der Waals surface area contributed by atoms with E-state index in [1.54, 1.807) is 6.20 Å². The second-order valence-corrected chi connectivity index (χ2v) is 4.33. The van der Waals surface area contributed by atoms with E-state index in [4.69, 9.17) is 0 Å².